The standard InChI is InChI=1S/C22H21F4N3O3/c23-16-9-7-14(8-10-16)21(32)29-11-3-4-15(12-29)19(30)28-18-6-2-1-5-17(18)20(31)27-13-22(24,25)26/h1-2,5-10,15H,3-4,11-13H2,(H,27,31)(H,28,30)/t15-/m0/s1. The molecule has 0 aromatic heterocycles. The van der Waals surface area contributed by atoms with Crippen LogP contribution >= 0.6 is 0 Å². The number of likely N-dealkylation sites (tertiary alicyclic amines) is 1. The van der Waals surface area contributed by atoms with Crippen molar-refractivity contribution in [2.24, 2.45) is 5.92 Å². The number of para-hydroxylation sites is 1. The lowest BCUT2D eigenvalue weighted by Crippen LogP contribution is -2.44. The summed E-state index contributed by atoms with van der Waals surface area (Å²) in [4.78, 5) is 39.1. The van der Waals surface area contributed by atoms with Crippen LogP contribution in [0.15, 0.2) is 48.5 Å². The molecule has 2 aromatic carbocycles. The Morgan fingerprint density at radius 3 is 2.41 bits per heavy atom. The minimum atomic E-state index is -4.56. The number of benzene rings is 2. The van der Waals surface area contributed by atoms with E-state index in [1.807, 2.05) is 0 Å². The second-order valence-electron chi connectivity index (χ2n) is 7.43. The van der Waals surface area contributed by atoms with Gasteiger partial charge in [0.15, 0.2) is 0 Å². The van der Waals surface area contributed by atoms with Crippen LogP contribution in [0.1, 0.15) is 33.6 Å². The summed E-state index contributed by atoms with van der Waals surface area (Å²) in [6, 6.07) is 10.9. The molecule has 3 amide bonds. The van der Waals surface area contributed by atoms with Crippen LogP contribution in [-0.2, 0) is 4.79 Å². The van der Waals surface area contributed by atoms with Crippen molar-refractivity contribution in [2.45, 2.75) is 19.0 Å². The molecule has 10 heteroatoms. The number of nitrogens with one attached hydrogen (secondary N) is 2. The van der Waals surface area contributed by atoms with Gasteiger partial charge in [0, 0.05) is 18.7 Å². The van der Waals surface area contributed by atoms with E-state index in [4.69, 9.17) is 0 Å². The van der Waals surface area contributed by atoms with Crippen LogP contribution in [0, 0.1) is 11.7 Å². The molecular weight excluding hydrogens is 430 g/mol. The van der Waals surface area contributed by atoms with E-state index in [0.717, 1.165) is 0 Å². The van der Waals surface area contributed by atoms with Crippen molar-refractivity contribution >= 4 is 23.4 Å². The number of nitrogens with zero attached hydrogens (tertiary/aromatic N) is 1. The van der Waals surface area contributed by atoms with Crippen molar-refractivity contribution in [3.63, 3.8) is 0 Å². The van der Waals surface area contributed by atoms with Gasteiger partial charge in [0.1, 0.15) is 12.4 Å². The topological polar surface area (TPSA) is 78.5 Å². The smallest absolute Gasteiger partial charge is 0.343 e. The number of rotatable bonds is 5. The lowest BCUT2D eigenvalue weighted by atomic mass is 9.96. The summed E-state index contributed by atoms with van der Waals surface area (Å²) in [5, 5.41) is 4.38. The van der Waals surface area contributed by atoms with Gasteiger partial charge in [-0.1, -0.05) is 12.1 Å². The minimum Gasteiger partial charge on any atom is -0.343 e. The molecule has 3 rings (SSSR count). The van der Waals surface area contributed by atoms with Gasteiger partial charge in [-0.05, 0) is 49.2 Å². The van der Waals surface area contributed by atoms with E-state index in [2.05, 4.69) is 5.32 Å². The highest BCUT2D eigenvalue weighted by Gasteiger charge is 2.31. The highest BCUT2D eigenvalue weighted by atomic mass is 19.4. The molecule has 0 saturated carbocycles. The monoisotopic (exact) mass is 451 g/mol. The lowest BCUT2D eigenvalue weighted by molar-refractivity contribution is -0.123. The van der Waals surface area contributed by atoms with E-state index in [1.54, 1.807) is 11.4 Å². The summed E-state index contributed by atoms with van der Waals surface area (Å²) in [5.74, 6) is -2.77. The number of amides is 3. The number of hydrogen-bond donors (Lipinski definition) is 2. The normalized spacial score (nSPS) is 16.4. The van der Waals surface area contributed by atoms with Crippen LogP contribution in [0.4, 0.5) is 23.2 Å². The van der Waals surface area contributed by atoms with Crippen LogP contribution in [0.5, 0.6) is 0 Å². The summed E-state index contributed by atoms with van der Waals surface area (Å²) in [7, 11) is 0. The molecule has 2 aromatic rings. The molecule has 2 N–H and O–H groups in total. The highest BCUT2D eigenvalue weighted by Crippen LogP contribution is 2.23. The molecule has 0 unspecified atom stereocenters. The van der Waals surface area contributed by atoms with Crippen molar-refractivity contribution in [1.29, 1.82) is 0 Å². The molecule has 1 heterocycles. The van der Waals surface area contributed by atoms with Gasteiger partial charge in [-0.3, -0.25) is 14.4 Å². The van der Waals surface area contributed by atoms with Gasteiger partial charge < -0.3 is 15.5 Å². The molecule has 32 heavy (non-hydrogen) atoms. The van der Waals surface area contributed by atoms with E-state index >= 15 is 0 Å². The first kappa shape index (κ1) is 23.2. The molecule has 0 spiro atoms. The van der Waals surface area contributed by atoms with Crippen LogP contribution in [0.2, 0.25) is 0 Å². The predicted molar refractivity (Wildman–Crippen MR) is 108 cm³/mol. The number of carbonyl (C=O) groups excluding carboxylic acids is 3. The lowest BCUT2D eigenvalue weighted by Gasteiger charge is -2.32. The summed E-state index contributed by atoms with van der Waals surface area (Å²) in [6.07, 6.45) is -3.49. The van der Waals surface area contributed by atoms with E-state index in [1.165, 1.54) is 47.4 Å². The van der Waals surface area contributed by atoms with Crippen molar-refractivity contribution in [1.82, 2.24) is 10.2 Å². The van der Waals surface area contributed by atoms with E-state index < -0.39 is 36.3 Å². The van der Waals surface area contributed by atoms with Crippen molar-refractivity contribution in [3.05, 3.63) is 65.5 Å². The summed E-state index contributed by atoms with van der Waals surface area (Å²) >= 11 is 0. The maximum Gasteiger partial charge on any atom is 0.405 e. The second kappa shape index (κ2) is 9.80. The van der Waals surface area contributed by atoms with Gasteiger partial charge in [-0.15, -0.1) is 0 Å². The molecule has 0 aliphatic carbocycles. The van der Waals surface area contributed by atoms with Gasteiger partial charge in [0.05, 0.1) is 17.2 Å². The number of halogens is 4. The quantitative estimate of drug-likeness (QED) is 0.682. The number of piperidine rings is 1. The van der Waals surface area contributed by atoms with Crippen LogP contribution in [0.25, 0.3) is 0 Å². The zero-order chi connectivity index (χ0) is 23.3. The molecular formula is C22H21F4N3O3. The third-order valence-electron chi connectivity index (χ3n) is 5.05. The van der Waals surface area contributed by atoms with Gasteiger partial charge in [-0.2, -0.15) is 13.2 Å². The zero-order valence-corrected chi connectivity index (χ0v) is 16.9. The Hall–Kier alpha value is -3.43. The number of alkyl halides is 3. The fourth-order valence-corrected chi connectivity index (χ4v) is 3.45. The third kappa shape index (κ3) is 6.05. The van der Waals surface area contributed by atoms with E-state index in [9.17, 15) is 31.9 Å². The first-order chi connectivity index (χ1) is 15.1. The molecule has 1 atom stereocenters. The molecule has 1 aliphatic heterocycles. The van der Waals surface area contributed by atoms with E-state index in [0.29, 0.717) is 24.9 Å². The van der Waals surface area contributed by atoms with Crippen molar-refractivity contribution in [3.8, 4) is 0 Å². The minimum absolute atomic E-state index is 0.0826. The second-order valence-corrected chi connectivity index (χ2v) is 7.43. The fourth-order valence-electron chi connectivity index (χ4n) is 3.45. The average Bonchev–Trinajstić information content (AvgIpc) is 2.77. The zero-order valence-electron chi connectivity index (χ0n) is 16.9. The van der Waals surface area contributed by atoms with Gasteiger partial charge >= 0.3 is 6.18 Å². The maximum atomic E-state index is 13.1. The number of carbonyl (C=O) groups is 3. The Balaban J connectivity index is 1.66. The fraction of sp³-hybridized carbons (Fsp3) is 0.318. The van der Waals surface area contributed by atoms with Crippen LogP contribution in [-0.4, -0.2) is 48.4 Å². The molecule has 0 radical (unpaired) electrons. The Morgan fingerprint density at radius 1 is 1.03 bits per heavy atom. The van der Waals surface area contributed by atoms with Gasteiger partial charge in [0.2, 0.25) is 5.91 Å². The molecule has 0 bridgehead atoms. The molecule has 6 nitrogen and oxygen atoms in total. The highest BCUT2D eigenvalue weighted by molar-refractivity contribution is 6.04. The number of hydrogen-bond acceptors (Lipinski definition) is 3. The van der Waals surface area contributed by atoms with Gasteiger partial charge in [-0.25, -0.2) is 4.39 Å². The molecule has 170 valence electrons. The van der Waals surface area contributed by atoms with Crippen molar-refractivity contribution < 1.29 is 31.9 Å². The summed E-state index contributed by atoms with van der Waals surface area (Å²) < 4.78 is 50.3. The molecule has 1 saturated heterocycles. The SMILES string of the molecule is O=C(NCC(F)(F)F)c1ccccc1NC(=O)[C@H]1CCCN(C(=O)c2ccc(F)cc2)C1. The largest absolute Gasteiger partial charge is 0.405 e. The number of anilines is 1. The summed E-state index contributed by atoms with van der Waals surface area (Å²) in [6.45, 7) is -0.919. The van der Waals surface area contributed by atoms with Crippen LogP contribution < -0.4 is 10.6 Å². The van der Waals surface area contributed by atoms with E-state index in [-0.39, 0.29) is 23.7 Å². The maximum absolute atomic E-state index is 13.1. The first-order valence-electron chi connectivity index (χ1n) is 9.94. The van der Waals surface area contributed by atoms with Crippen molar-refractivity contribution in [2.75, 3.05) is 25.0 Å². The first-order valence-corrected chi connectivity index (χ1v) is 9.94. The Morgan fingerprint density at radius 2 is 1.72 bits per heavy atom. The Bertz CT molecular complexity index is 993. The van der Waals surface area contributed by atoms with Crippen LogP contribution in [0.3, 0.4) is 0 Å². The molecule has 1 aliphatic rings. The third-order valence-corrected chi connectivity index (χ3v) is 5.05. The molecule has 1 fully saturated rings. The Labute approximate surface area is 181 Å². The predicted octanol–water partition coefficient (Wildman–Crippen LogP) is 3.61. The Kier molecular flexibility index (Phi) is 7.12. The summed E-state index contributed by atoms with van der Waals surface area (Å²) in [5.41, 5.74) is 0.290. The van der Waals surface area contributed by atoms with Gasteiger partial charge in [0.25, 0.3) is 11.8 Å². The average molecular weight is 451 g/mol.